The van der Waals surface area contributed by atoms with Crippen molar-refractivity contribution in [2.24, 2.45) is 5.73 Å². The van der Waals surface area contributed by atoms with Crippen LogP contribution >= 0.6 is 0 Å². The molecule has 0 radical (unpaired) electrons. The Hall–Kier alpha value is -1.46. The molecule has 1 aliphatic rings. The van der Waals surface area contributed by atoms with Crippen molar-refractivity contribution >= 4 is 11.6 Å². The number of hydrogen-bond acceptors (Lipinski definition) is 3. The zero-order valence-corrected chi connectivity index (χ0v) is 14.8. The number of halogens is 1. The smallest absolute Gasteiger partial charge is 0.253 e. The molecule has 1 aliphatic heterocycles. The lowest BCUT2D eigenvalue weighted by molar-refractivity contribution is -0.125. The molecule has 4 nitrogen and oxygen atoms in total. The van der Waals surface area contributed by atoms with Crippen LogP contribution in [0.5, 0.6) is 0 Å². The third kappa shape index (κ3) is 8.10. The second-order valence-corrected chi connectivity index (χ2v) is 3.94. The van der Waals surface area contributed by atoms with Crippen LogP contribution in [0.4, 0.5) is 10.1 Å². The summed E-state index contributed by atoms with van der Waals surface area (Å²) in [6.07, 6.45) is 0. The minimum absolute atomic E-state index is 0.0789. The molecule has 2 N–H and O–H groups in total. The van der Waals surface area contributed by atoms with Gasteiger partial charge in [0.05, 0.1) is 6.61 Å². The predicted molar refractivity (Wildman–Crippen MR) is 91.7 cm³/mol. The minimum atomic E-state index is -0.285. The van der Waals surface area contributed by atoms with E-state index in [-0.39, 0.29) is 18.3 Å². The Morgan fingerprint density at radius 3 is 2.27 bits per heavy atom. The minimum Gasteiger partial charge on any atom is -0.370 e. The van der Waals surface area contributed by atoms with Gasteiger partial charge in [-0.1, -0.05) is 40.7 Å². The number of anilines is 1. The summed E-state index contributed by atoms with van der Waals surface area (Å²) in [5.41, 5.74) is 6.03. The fourth-order valence-electron chi connectivity index (χ4n) is 1.54. The van der Waals surface area contributed by atoms with E-state index in [0.29, 0.717) is 24.4 Å². The van der Waals surface area contributed by atoms with E-state index >= 15 is 0 Å². The third-order valence-electron chi connectivity index (χ3n) is 2.45. The Bertz CT molecular complexity index is 412. The lowest BCUT2D eigenvalue weighted by atomic mass is 10.2. The molecule has 1 aromatic carbocycles. The molecule has 22 heavy (non-hydrogen) atoms. The van der Waals surface area contributed by atoms with Gasteiger partial charge >= 0.3 is 0 Å². The number of carbonyl (C=O) groups excluding carboxylic acids is 1. The maximum atomic E-state index is 13.3. The van der Waals surface area contributed by atoms with Gasteiger partial charge in [-0.3, -0.25) is 4.79 Å². The van der Waals surface area contributed by atoms with Crippen LogP contribution in [0.25, 0.3) is 0 Å². The van der Waals surface area contributed by atoms with Crippen molar-refractivity contribution < 1.29 is 13.9 Å². The molecule has 2 rings (SSSR count). The van der Waals surface area contributed by atoms with Gasteiger partial charge in [0, 0.05) is 12.2 Å². The number of carbonyl (C=O) groups is 1. The van der Waals surface area contributed by atoms with Crippen LogP contribution in [0.1, 0.15) is 40.2 Å². The molecule has 0 aromatic heterocycles. The second-order valence-electron chi connectivity index (χ2n) is 3.94. The van der Waals surface area contributed by atoms with Gasteiger partial charge in [-0.05, 0) is 31.2 Å². The van der Waals surface area contributed by atoms with Crippen molar-refractivity contribution in [1.82, 2.24) is 0 Å². The van der Waals surface area contributed by atoms with E-state index in [1.807, 2.05) is 34.6 Å². The number of hydrogen-bond donors (Lipinski definition) is 1. The highest BCUT2D eigenvalue weighted by atomic mass is 19.1. The van der Waals surface area contributed by atoms with E-state index in [2.05, 4.69) is 0 Å². The molecule has 0 aliphatic carbocycles. The van der Waals surface area contributed by atoms with Crippen molar-refractivity contribution in [3.63, 3.8) is 0 Å². The van der Waals surface area contributed by atoms with Gasteiger partial charge in [-0.2, -0.15) is 0 Å². The third-order valence-corrected chi connectivity index (χ3v) is 2.45. The number of morpholine rings is 1. The topological polar surface area (TPSA) is 55.6 Å². The first-order valence-electron chi connectivity index (χ1n) is 7.94. The SMILES string of the molecule is CC.CC.CCN.Cc1ccc(N2CCOCC2=O)cc1F. The van der Waals surface area contributed by atoms with Crippen LogP contribution < -0.4 is 10.6 Å². The first kappa shape index (κ1) is 22.8. The summed E-state index contributed by atoms with van der Waals surface area (Å²) >= 11 is 0. The van der Waals surface area contributed by atoms with Gasteiger partial charge in [0.15, 0.2) is 0 Å². The Balaban J connectivity index is 0. The summed E-state index contributed by atoms with van der Waals surface area (Å²) in [4.78, 5) is 13.0. The van der Waals surface area contributed by atoms with Crippen LogP contribution in [0.15, 0.2) is 18.2 Å². The predicted octanol–water partition coefficient (Wildman–Crippen LogP) is 3.51. The van der Waals surface area contributed by atoms with Gasteiger partial charge in [0.1, 0.15) is 12.4 Å². The number of nitrogens with zero attached hydrogens (tertiary/aromatic N) is 1. The Labute approximate surface area is 134 Å². The number of rotatable bonds is 1. The van der Waals surface area contributed by atoms with Crippen LogP contribution in [-0.2, 0) is 9.53 Å². The molecule has 1 amide bonds. The summed E-state index contributed by atoms with van der Waals surface area (Å²) < 4.78 is 18.3. The maximum absolute atomic E-state index is 13.3. The average molecular weight is 314 g/mol. The summed E-state index contributed by atoms with van der Waals surface area (Å²) in [5.74, 6) is -0.406. The van der Waals surface area contributed by atoms with Crippen molar-refractivity contribution in [2.75, 3.05) is 31.2 Å². The van der Waals surface area contributed by atoms with Crippen molar-refractivity contribution in [2.45, 2.75) is 41.5 Å². The maximum Gasteiger partial charge on any atom is 0.253 e. The Kier molecular flexibility index (Phi) is 15.0. The zero-order valence-electron chi connectivity index (χ0n) is 14.8. The van der Waals surface area contributed by atoms with E-state index in [4.69, 9.17) is 10.5 Å². The zero-order chi connectivity index (χ0) is 17.5. The molecular weight excluding hydrogens is 283 g/mol. The Morgan fingerprint density at radius 2 is 1.82 bits per heavy atom. The van der Waals surface area contributed by atoms with Crippen LogP contribution in [0, 0.1) is 12.7 Å². The lowest BCUT2D eigenvalue weighted by Crippen LogP contribution is -2.41. The lowest BCUT2D eigenvalue weighted by Gasteiger charge is -2.26. The normalized spacial score (nSPS) is 12.9. The van der Waals surface area contributed by atoms with E-state index < -0.39 is 0 Å². The van der Waals surface area contributed by atoms with Gasteiger partial charge in [-0.25, -0.2) is 4.39 Å². The Morgan fingerprint density at radius 1 is 1.27 bits per heavy atom. The van der Waals surface area contributed by atoms with E-state index in [1.165, 1.54) is 6.07 Å². The highest BCUT2D eigenvalue weighted by Gasteiger charge is 2.20. The van der Waals surface area contributed by atoms with Crippen LogP contribution in [-0.4, -0.2) is 32.2 Å². The molecule has 0 spiro atoms. The molecule has 1 heterocycles. The van der Waals surface area contributed by atoms with Crippen LogP contribution in [0.2, 0.25) is 0 Å². The first-order chi connectivity index (χ1) is 10.6. The van der Waals surface area contributed by atoms with Gasteiger partial charge in [0.2, 0.25) is 0 Å². The molecule has 1 saturated heterocycles. The quantitative estimate of drug-likeness (QED) is 0.863. The number of nitrogens with two attached hydrogens (primary N) is 1. The monoisotopic (exact) mass is 314 g/mol. The highest BCUT2D eigenvalue weighted by Crippen LogP contribution is 2.19. The number of ether oxygens (including phenoxy) is 1. The fraction of sp³-hybridized carbons (Fsp3) is 0.588. The molecule has 0 bridgehead atoms. The summed E-state index contributed by atoms with van der Waals surface area (Å²) in [6.45, 7) is 13.4. The second kappa shape index (κ2) is 14.5. The molecule has 0 unspecified atom stereocenters. The fourth-order valence-corrected chi connectivity index (χ4v) is 1.54. The van der Waals surface area contributed by atoms with Crippen molar-refractivity contribution in [3.8, 4) is 0 Å². The summed E-state index contributed by atoms with van der Waals surface area (Å²) in [5, 5.41) is 0. The van der Waals surface area contributed by atoms with Gasteiger partial charge < -0.3 is 15.4 Å². The van der Waals surface area contributed by atoms with Crippen molar-refractivity contribution in [3.05, 3.63) is 29.6 Å². The van der Waals surface area contributed by atoms with E-state index in [1.54, 1.807) is 24.0 Å². The standard InChI is InChI=1S/C11H12FNO2.C2H7N.2C2H6/c1-8-2-3-9(6-10(8)12)13-4-5-15-7-11(13)14;1-2-3;2*1-2/h2-3,6H,4-5,7H2,1H3;2-3H2,1H3;2*1-2H3. The number of benzene rings is 1. The average Bonchev–Trinajstić information content (AvgIpc) is 2.55. The molecule has 1 fully saturated rings. The van der Waals surface area contributed by atoms with Gasteiger partial charge in [0.25, 0.3) is 5.91 Å². The van der Waals surface area contributed by atoms with E-state index in [9.17, 15) is 9.18 Å². The van der Waals surface area contributed by atoms with Crippen LogP contribution in [0.3, 0.4) is 0 Å². The number of aryl methyl sites for hydroxylation is 1. The molecule has 5 heteroatoms. The first-order valence-corrected chi connectivity index (χ1v) is 7.94. The van der Waals surface area contributed by atoms with E-state index in [0.717, 1.165) is 6.54 Å². The largest absolute Gasteiger partial charge is 0.370 e. The van der Waals surface area contributed by atoms with Gasteiger partial charge in [-0.15, -0.1) is 0 Å². The molecule has 0 saturated carbocycles. The highest BCUT2D eigenvalue weighted by molar-refractivity contribution is 5.94. The molecule has 1 aromatic rings. The van der Waals surface area contributed by atoms with Crippen molar-refractivity contribution in [1.29, 1.82) is 0 Å². The molecule has 0 atom stereocenters. The molecular formula is C17H31FN2O2. The summed E-state index contributed by atoms with van der Waals surface area (Å²) in [7, 11) is 0. The molecule has 128 valence electrons. The number of amides is 1. The summed E-state index contributed by atoms with van der Waals surface area (Å²) in [6, 6.07) is 4.81.